The molecule has 1 saturated heterocycles. The van der Waals surface area contributed by atoms with E-state index in [-0.39, 0.29) is 16.6 Å². The zero-order chi connectivity index (χ0) is 21.3. The normalized spacial score (nSPS) is 14.7. The summed E-state index contributed by atoms with van der Waals surface area (Å²) in [7, 11) is 2.14. The molecule has 156 valence electrons. The second-order valence-corrected chi connectivity index (χ2v) is 8.99. The van der Waals surface area contributed by atoms with E-state index >= 15 is 0 Å². The number of hydrogen-bond donors (Lipinski definition) is 2. The van der Waals surface area contributed by atoms with E-state index in [0.29, 0.717) is 20.6 Å². The highest BCUT2D eigenvalue weighted by molar-refractivity contribution is 7.18. The minimum absolute atomic E-state index is 0.174. The Hall–Kier alpha value is -2.32. The molecular formula is C21H21Cl2N5OS. The van der Waals surface area contributed by atoms with Crippen LogP contribution < -0.4 is 16.0 Å². The molecule has 1 fully saturated rings. The molecule has 4 rings (SSSR count). The number of nitrogens with two attached hydrogens (primary N) is 1. The van der Waals surface area contributed by atoms with E-state index < -0.39 is 0 Å². The van der Waals surface area contributed by atoms with Crippen LogP contribution in [0, 0.1) is 0 Å². The summed E-state index contributed by atoms with van der Waals surface area (Å²) in [4.78, 5) is 22.2. The maximum Gasteiger partial charge on any atom is 0.208 e. The van der Waals surface area contributed by atoms with Crippen LogP contribution in [0.25, 0.3) is 0 Å². The van der Waals surface area contributed by atoms with Crippen LogP contribution in [0.1, 0.15) is 15.2 Å². The number of thiazole rings is 1. The van der Waals surface area contributed by atoms with Crippen LogP contribution in [-0.2, 0) is 0 Å². The van der Waals surface area contributed by atoms with Crippen molar-refractivity contribution in [1.82, 2.24) is 9.88 Å². The minimum Gasteiger partial charge on any atom is -0.382 e. The number of hydrogen-bond acceptors (Lipinski definition) is 7. The van der Waals surface area contributed by atoms with Gasteiger partial charge in [-0.15, -0.1) is 0 Å². The van der Waals surface area contributed by atoms with E-state index in [1.54, 1.807) is 12.1 Å². The average Bonchev–Trinajstić information content (AvgIpc) is 3.09. The lowest BCUT2D eigenvalue weighted by molar-refractivity contribution is 0.104. The quantitative estimate of drug-likeness (QED) is 0.533. The Kier molecular flexibility index (Phi) is 6.15. The molecule has 3 N–H and O–H groups in total. The van der Waals surface area contributed by atoms with Crippen molar-refractivity contribution < 1.29 is 4.79 Å². The molecule has 3 aromatic rings. The van der Waals surface area contributed by atoms with Crippen LogP contribution in [0.3, 0.4) is 0 Å². The SMILES string of the molecule is CN1CCN(c2ccc(Nc3nc(N)c(C(=O)c4ccc(Cl)cc4Cl)s3)cc2)CC1. The summed E-state index contributed by atoms with van der Waals surface area (Å²) in [5.41, 5.74) is 8.43. The third kappa shape index (κ3) is 4.54. The van der Waals surface area contributed by atoms with Gasteiger partial charge in [-0.2, -0.15) is 0 Å². The molecule has 1 aliphatic heterocycles. The molecular weight excluding hydrogens is 441 g/mol. The molecule has 0 amide bonds. The highest BCUT2D eigenvalue weighted by Crippen LogP contribution is 2.32. The number of carbonyl (C=O) groups is 1. The van der Waals surface area contributed by atoms with E-state index in [1.807, 2.05) is 12.1 Å². The Morgan fingerprint density at radius 2 is 1.80 bits per heavy atom. The summed E-state index contributed by atoms with van der Waals surface area (Å²) < 4.78 is 0. The number of benzene rings is 2. The molecule has 1 aromatic heterocycles. The topological polar surface area (TPSA) is 74.5 Å². The van der Waals surface area contributed by atoms with E-state index in [2.05, 4.69) is 39.3 Å². The molecule has 0 saturated carbocycles. The van der Waals surface area contributed by atoms with Crippen molar-refractivity contribution in [3.05, 3.63) is 63.0 Å². The smallest absolute Gasteiger partial charge is 0.208 e. The molecule has 6 nitrogen and oxygen atoms in total. The van der Waals surface area contributed by atoms with Gasteiger partial charge in [0.05, 0.1) is 5.02 Å². The van der Waals surface area contributed by atoms with Gasteiger partial charge in [0, 0.05) is 48.1 Å². The summed E-state index contributed by atoms with van der Waals surface area (Å²) in [5.74, 6) is -0.0993. The lowest BCUT2D eigenvalue weighted by Crippen LogP contribution is -2.44. The molecule has 1 aliphatic rings. The molecule has 2 heterocycles. The van der Waals surface area contributed by atoms with Gasteiger partial charge < -0.3 is 20.9 Å². The Labute approximate surface area is 189 Å². The number of aromatic nitrogens is 1. The van der Waals surface area contributed by atoms with Gasteiger partial charge in [-0.1, -0.05) is 34.5 Å². The standard InChI is InChI=1S/C21H21Cl2N5OS/c1-27-8-10-28(11-9-27)15-5-3-14(4-6-15)25-21-26-20(24)19(30-21)18(29)16-7-2-13(22)12-17(16)23/h2-7,12H,8-11,24H2,1H3,(H,25,26). The van der Waals surface area contributed by atoms with Gasteiger partial charge in [0.15, 0.2) is 5.13 Å². The van der Waals surface area contributed by atoms with Crippen molar-refractivity contribution in [3.63, 3.8) is 0 Å². The first kappa shape index (κ1) is 20.9. The van der Waals surface area contributed by atoms with E-state index in [4.69, 9.17) is 28.9 Å². The van der Waals surface area contributed by atoms with Crippen LogP contribution in [-0.4, -0.2) is 48.9 Å². The van der Waals surface area contributed by atoms with Crippen molar-refractivity contribution in [1.29, 1.82) is 0 Å². The summed E-state index contributed by atoms with van der Waals surface area (Å²) in [6.45, 7) is 4.16. The van der Waals surface area contributed by atoms with Crippen molar-refractivity contribution in [3.8, 4) is 0 Å². The van der Waals surface area contributed by atoms with E-state index in [0.717, 1.165) is 31.9 Å². The van der Waals surface area contributed by atoms with Crippen LogP contribution in [0.5, 0.6) is 0 Å². The summed E-state index contributed by atoms with van der Waals surface area (Å²) in [5, 5.41) is 4.53. The molecule has 0 atom stereocenters. The average molecular weight is 462 g/mol. The number of rotatable bonds is 5. The van der Waals surface area contributed by atoms with Crippen LogP contribution in [0.4, 0.5) is 22.3 Å². The first-order chi connectivity index (χ1) is 14.4. The molecule has 0 radical (unpaired) electrons. The number of anilines is 4. The van der Waals surface area contributed by atoms with Crippen molar-refractivity contribution in [2.75, 3.05) is 49.2 Å². The molecule has 0 spiro atoms. The van der Waals surface area contributed by atoms with Crippen LogP contribution >= 0.6 is 34.5 Å². The second kappa shape index (κ2) is 8.81. The number of nitrogens with one attached hydrogen (secondary N) is 1. The van der Waals surface area contributed by atoms with Crippen LogP contribution in [0.15, 0.2) is 42.5 Å². The van der Waals surface area contributed by atoms with Gasteiger partial charge in [-0.25, -0.2) is 4.98 Å². The van der Waals surface area contributed by atoms with Gasteiger partial charge in [0.25, 0.3) is 0 Å². The van der Waals surface area contributed by atoms with Gasteiger partial charge in [-0.3, -0.25) is 4.79 Å². The molecule has 9 heteroatoms. The number of ketones is 1. The fourth-order valence-corrected chi connectivity index (χ4v) is 4.64. The maximum absolute atomic E-state index is 12.8. The van der Waals surface area contributed by atoms with Crippen LogP contribution in [0.2, 0.25) is 10.0 Å². The molecule has 0 unspecified atom stereocenters. The maximum atomic E-state index is 12.8. The number of likely N-dealkylation sites (N-methyl/N-ethyl adjacent to an activating group) is 1. The Balaban J connectivity index is 1.47. The first-order valence-electron chi connectivity index (χ1n) is 9.47. The van der Waals surface area contributed by atoms with Crippen molar-refractivity contribution in [2.24, 2.45) is 0 Å². The van der Waals surface area contributed by atoms with E-state index in [1.165, 1.54) is 23.1 Å². The fourth-order valence-electron chi connectivity index (χ4n) is 3.29. The summed E-state index contributed by atoms with van der Waals surface area (Å²) in [6.07, 6.45) is 0. The third-order valence-electron chi connectivity index (χ3n) is 5.02. The molecule has 0 aliphatic carbocycles. The number of piperazine rings is 1. The predicted octanol–water partition coefficient (Wildman–Crippen LogP) is 4.76. The second-order valence-electron chi connectivity index (χ2n) is 7.15. The molecule has 0 bridgehead atoms. The zero-order valence-electron chi connectivity index (χ0n) is 16.4. The predicted molar refractivity (Wildman–Crippen MR) is 126 cm³/mol. The Bertz CT molecular complexity index is 1060. The van der Waals surface area contributed by atoms with Gasteiger partial charge in [0.2, 0.25) is 5.78 Å². The first-order valence-corrected chi connectivity index (χ1v) is 11.0. The van der Waals surface area contributed by atoms with Gasteiger partial charge >= 0.3 is 0 Å². The lowest BCUT2D eigenvalue weighted by atomic mass is 10.1. The number of halogens is 2. The summed E-state index contributed by atoms with van der Waals surface area (Å²) >= 11 is 13.3. The van der Waals surface area contributed by atoms with Gasteiger partial charge in [0.1, 0.15) is 10.7 Å². The lowest BCUT2D eigenvalue weighted by Gasteiger charge is -2.34. The highest BCUT2D eigenvalue weighted by Gasteiger charge is 2.20. The Morgan fingerprint density at radius 3 is 2.47 bits per heavy atom. The van der Waals surface area contributed by atoms with Crippen molar-refractivity contribution >= 4 is 62.6 Å². The minimum atomic E-state index is -0.273. The summed E-state index contributed by atoms with van der Waals surface area (Å²) in [6, 6.07) is 12.9. The number of carbonyl (C=O) groups excluding carboxylic acids is 1. The molecule has 2 aromatic carbocycles. The number of nitrogens with zero attached hydrogens (tertiary/aromatic N) is 3. The largest absolute Gasteiger partial charge is 0.382 e. The Morgan fingerprint density at radius 1 is 1.10 bits per heavy atom. The third-order valence-corrected chi connectivity index (χ3v) is 6.56. The monoisotopic (exact) mass is 461 g/mol. The van der Waals surface area contributed by atoms with E-state index in [9.17, 15) is 4.79 Å². The van der Waals surface area contributed by atoms with Crippen molar-refractivity contribution in [2.45, 2.75) is 0 Å². The highest BCUT2D eigenvalue weighted by atomic mass is 35.5. The zero-order valence-corrected chi connectivity index (χ0v) is 18.7. The number of nitrogen functional groups attached to an aromatic ring is 1. The van der Waals surface area contributed by atoms with Gasteiger partial charge in [-0.05, 0) is 49.5 Å². The molecule has 30 heavy (non-hydrogen) atoms. The fraction of sp³-hybridized carbons (Fsp3) is 0.238.